The lowest BCUT2D eigenvalue weighted by molar-refractivity contribution is -0.128. The maximum absolute atomic E-state index is 11.9. The Hall–Kier alpha value is -2.00. The van der Waals surface area contributed by atoms with Gasteiger partial charge in [-0.05, 0) is 25.0 Å². The molecule has 0 bridgehead atoms. The summed E-state index contributed by atoms with van der Waals surface area (Å²) in [5.41, 5.74) is -0.109. The lowest BCUT2D eigenvalue weighted by Gasteiger charge is -2.15. The Kier molecular flexibility index (Phi) is 4.53. The Balaban J connectivity index is 2.00. The molecule has 2 heterocycles. The van der Waals surface area contributed by atoms with Gasteiger partial charge in [0.2, 0.25) is 5.91 Å². The van der Waals surface area contributed by atoms with Crippen molar-refractivity contribution >= 4 is 21.9 Å². The van der Waals surface area contributed by atoms with Crippen LogP contribution < -0.4 is 4.72 Å². The molecule has 9 heteroatoms. The number of aromatic carboxylic acids is 1. The van der Waals surface area contributed by atoms with Gasteiger partial charge in [-0.1, -0.05) is 0 Å². The first-order chi connectivity index (χ1) is 9.90. The minimum Gasteiger partial charge on any atom is -0.478 e. The van der Waals surface area contributed by atoms with Crippen LogP contribution in [-0.2, 0) is 14.8 Å². The summed E-state index contributed by atoms with van der Waals surface area (Å²) < 4.78 is 26.1. The summed E-state index contributed by atoms with van der Waals surface area (Å²) in [5, 5.41) is 8.40. The fourth-order valence-corrected chi connectivity index (χ4v) is 2.87. The molecule has 0 unspecified atom stereocenters. The third-order valence-electron chi connectivity index (χ3n) is 3.13. The Morgan fingerprint density at radius 1 is 1.29 bits per heavy atom. The van der Waals surface area contributed by atoms with E-state index >= 15 is 0 Å². The molecule has 2 N–H and O–H groups in total. The maximum atomic E-state index is 11.9. The highest BCUT2D eigenvalue weighted by molar-refractivity contribution is 7.89. The number of carboxylic acid groups (broad SMARTS) is 1. The molecule has 0 saturated carbocycles. The van der Waals surface area contributed by atoms with Crippen molar-refractivity contribution in [3.8, 4) is 0 Å². The van der Waals surface area contributed by atoms with Crippen LogP contribution in [-0.4, -0.2) is 54.9 Å². The van der Waals surface area contributed by atoms with E-state index in [9.17, 15) is 18.0 Å². The van der Waals surface area contributed by atoms with E-state index in [0.717, 1.165) is 31.2 Å². The zero-order valence-electron chi connectivity index (χ0n) is 11.2. The highest BCUT2D eigenvalue weighted by atomic mass is 32.2. The lowest BCUT2D eigenvalue weighted by Crippen LogP contribution is -2.38. The summed E-state index contributed by atoms with van der Waals surface area (Å²) in [4.78, 5) is 27.6. The van der Waals surface area contributed by atoms with Crippen molar-refractivity contribution in [2.75, 3.05) is 19.6 Å². The molecule has 114 valence electrons. The minimum absolute atomic E-state index is 0.109. The van der Waals surface area contributed by atoms with Gasteiger partial charge in [0.05, 0.1) is 12.1 Å². The number of nitrogens with zero attached hydrogens (tertiary/aromatic N) is 2. The summed E-state index contributed by atoms with van der Waals surface area (Å²) in [6.07, 6.45) is 2.81. The topological polar surface area (TPSA) is 117 Å². The molecule has 1 aliphatic heterocycles. The molecule has 0 atom stereocenters. The Bertz CT molecular complexity index is 635. The van der Waals surface area contributed by atoms with E-state index in [1.807, 2.05) is 0 Å². The van der Waals surface area contributed by atoms with E-state index in [-0.39, 0.29) is 23.0 Å². The Morgan fingerprint density at radius 3 is 2.48 bits per heavy atom. The second-order valence-corrected chi connectivity index (χ2v) is 6.32. The molecule has 1 amide bonds. The van der Waals surface area contributed by atoms with Crippen molar-refractivity contribution in [3.05, 3.63) is 23.9 Å². The maximum Gasteiger partial charge on any atom is 0.337 e. The molecule has 8 nitrogen and oxygen atoms in total. The number of hydrogen-bond donors (Lipinski definition) is 2. The number of rotatable bonds is 5. The van der Waals surface area contributed by atoms with Gasteiger partial charge in [-0.15, -0.1) is 0 Å². The number of pyridine rings is 1. The van der Waals surface area contributed by atoms with Crippen molar-refractivity contribution in [1.29, 1.82) is 0 Å². The summed E-state index contributed by atoms with van der Waals surface area (Å²) in [7, 11) is -3.93. The van der Waals surface area contributed by atoms with Gasteiger partial charge in [0.15, 0.2) is 5.03 Å². The van der Waals surface area contributed by atoms with Crippen LogP contribution in [0.25, 0.3) is 0 Å². The number of carboxylic acids is 1. The van der Waals surface area contributed by atoms with Crippen LogP contribution in [0.15, 0.2) is 23.4 Å². The lowest BCUT2D eigenvalue weighted by atomic mass is 10.3. The molecule has 2 rings (SSSR count). The molecule has 21 heavy (non-hydrogen) atoms. The highest BCUT2D eigenvalue weighted by Gasteiger charge is 2.22. The monoisotopic (exact) mass is 313 g/mol. The number of likely N-dealkylation sites (tertiary alicyclic amines) is 1. The standard InChI is InChI=1S/C12H15N3O5S/c16-11(15-5-1-2-6-15)8-14-21(19,20)10-4-3-9(7-13-10)12(17)18/h3-4,7,14H,1-2,5-6,8H2,(H,17,18). The predicted molar refractivity (Wildman–Crippen MR) is 72.2 cm³/mol. The van der Waals surface area contributed by atoms with E-state index in [2.05, 4.69) is 9.71 Å². The van der Waals surface area contributed by atoms with E-state index < -0.39 is 16.0 Å². The number of aromatic nitrogens is 1. The second kappa shape index (κ2) is 6.19. The Morgan fingerprint density at radius 2 is 1.95 bits per heavy atom. The van der Waals surface area contributed by atoms with Gasteiger partial charge < -0.3 is 10.0 Å². The predicted octanol–water partition coefficient (Wildman–Crippen LogP) is -0.320. The molecule has 0 aromatic carbocycles. The third-order valence-corrected chi connectivity index (χ3v) is 4.45. The quantitative estimate of drug-likeness (QED) is 0.769. The average Bonchev–Trinajstić information content (AvgIpc) is 2.99. The highest BCUT2D eigenvalue weighted by Crippen LogP contribution is 2.09. The number of hydrogen-bond acceptors (Lipinski definition) is 5. The van der Waals surface area contributed by atoms with Crippen LogP contribution in [0.1, 0.15) is 23.2 Å². The van der Waals surface area contributed by atoms with Gasteiger partial charge in [0, 0.05) is 19.3 Å². The van der Waals surface area contributed by atoms with Gasteiger partial charge in [-0.2, -0.15) is 0 Å². The summed E-state index contributed by atoms with van der Waals surface area (Å²) in [6.45, 7) is 0.961. The average molecular weight is 313 g/mol. The van der Waals surface area contributed by atoms with Crippen molar-refractivity contribution in [1.82, 2.24) is 14.6 Å². The van der Waals surface area contributed by atoms with E-state index in [1.54, 1.807) is 4.90 Å². The number of carbonyl (C=O) groups excluding carboxylic acids is 1. The van der Waals surface area contributed by atoms with Crippen LogP contribution in [0, 0.1) is 0 Å². The molecule has 1 saturated heterocycles. The van der Waals surface area contributed by atoms with Gasteiger partial charge in [-0.3, -0.25) is 4.79 Å². The van der Waals surface area contributed by atoms with Crippen LogP contribution in [0.2, 0.25) is 0 Å². The fraction of sp³-hybridized carbons (Fsp3) is 0.417. The van der Waals surface area contributed by atoms with Crippen molar-refractivity contribution in [3.63, 3.8) is 0 Å². The first-order valence-corrected chi connectivity index (χ1v) is 7.85. The number of nitrogens with one attached hydrogen (secondary N) is 1. The zero-order chi connectivity index (χ0) is 15.5. The molecular formula is C12H15N3O5S. The minimum atomic E-state index is -3.93. The molecule has 1 aromatic rings. The van der Waals surface area contributed by atoms with Crippen molar-refractivity contribution in [2.45, 2.75) is 17.9 Å². The smallest absolute Gasteiger partial charge is 0.337 e. The fourth-order valence-electron chi connectivity index (χ4n) is 1.97. The van der Waals surface area contributed by atoms with E-state index in [0.29, 0.717) is 13.1 Å². The number of sulfonamides is 1. The molecule has 0 spiro atoms. The van der Waals surface area contributed by atoms with Crippen LogP contribution in [0.4, 0.5) is 0 Å². The summed E-state index contributed by atoms with van der Waals surface area (Å²) in [6, 6.07) is 2.23. The summed E-state index contributed by atoms with van der Waals surface area (Å²) >= 11 is 0. The van der Waals surface area contributed by atoms with Crippen LogP contribution in [0.5, 0.6) is 0 Å². The SMILES string of the molecule is O=C(O)c1ccc(S(=O)(=O)NCC(=O)N2CCCC2)nc1. The van der Waals surface area contributed by atoms with Crippen molar-refractivity contribution in [2.24, 2.45) is 0 Å². The normalized spacial score (nSPS) is 15.1. The molecule has 1 fully saturated rings. The first kappa shape index (κ1) is 15.4. The van der Waals surface area contributed by atoms with E-state index in [4.69, 9.17) is 5.11 Å². The van der Waals surface area contributed by atoms with Gasteiger partial charge >= 0.3 is 5.97 Å². The van der Waals surface area contributed by atoms with Crippen molar-refractivity contribution < 1.29 is 23.1 Å². The van der Waals surface area contributed by atoms with E-state index in [1.165, 1.54) is 0 Å². The molecule has 1 aliphatic rings. The van der Waals surface area contributed by atoms with Crippen LogP contribution in [0.3, 0.4) is 0 Å². The van der Waals surface area contributed by atoms with Gasteiger partial charge in [-0.25, -0.2) is 22.9 Å². The number of amides is 1. The largest absolute Gasteiger partial charge is 0.478 e. The first-order valence-electron chi connectivity index (χ1n) is 6.37. The van der Waals surface area contributed by atoms with Gasteiger partial charge in [0.25, 0.3) is 10.0 Å². The second-order valence-electron chi connectivity index (χ2n) is 4.60. The van der Waals surface area contributed by atoms with Crippen LogP contribution >= 0.6 is 0 Å². The molecule has 0 aliphatic carbocycles. The molecule has 1 aromatic heterocycles. The molecule has 0 radical (unpaired) electrons. The zero-order valence-corrected chi connectivity index (χ0v) is 12.0. The third kappa shape index (κ3) is 3.76. The number of carbonyl (C=O) groups is 2. The summed E-state index contributed by atoms with van der Waals surface area (Å²) in [5.74, 6) is -1.47. The Labute approximate surface area is 121 Å². The molecular weight excluding hydrogens is 298 g/mol. The van der Waals surface area contributed by atoms with Gasteiger partial charge in [0.1, 0.15) is 0 Å².